The van der Waals surface area contributed by atoms with Crippen LogP contribution in [-0.2, 0) is 0 Å². The number of rotatable bonds is 5. The van der Waals surface area contributed by atoms with Crippen molar-refractivity contribution < 1.29 is 9.66 Å². The Kier molecular flexibility index (Phi) is 4.79. The van der Waals surface area contributed by atoms with E-state index in [0.29, 0.717) is 18.0 Å². The van der Waals surface area contributed by atoms with Crippen LogP contribution in [0, 0.1) is 10.1 Å². The smallest absolute Gasteiger partial charge is 0.296 e. The van der Waals surface area contributed by atoms with Gasteiger partial charge in [-0.25, -0.2) is 0 Å². The summed E-state index contributed by atoms with van der Waals surface area (Å²) in [5.41, 5.74) is 6.48. The van der Waals surface area contributed by atoms with Gasteiger partial charge in [-0.1, -0.05) is 0 Å². The minimum Gasteiger partial charge on any atom is -0.494 e. The SMILES string of the molecule is CCOc1ccc(NC2CCC(N)CC2)c([N+](=O)[O-])c1. The number of nitrogens with one attached hydrogen (secondary N) is 1. The first-order chi connectivity index (χ1) is 9.60. The highest BCUT2D eigenvalue weighted by Gasteiger charge is 2.22. The number of nitro benzene ring substituents is 1. The van der Waals surface area contributed by atoms with E-state index in [1.807, 2.05) is 6.92 Å². The molecule has 0 atom stereocenters. The minimum atomic E-state index is -0.376. The van der Waals surface area contributed by atoms with Gasteiger partial charge in [-0.3, -0.25) is 10.1 Å². The van der Waals surface area contributed by atoms with E-state index in [0.717, 1.165) is 25.7 Å². The van der Waals surface area contributed by atoms with E-state index < -0.39 is 0 Å². The molecule has 1 aromatic rings. The summed E-state index contributed by atoms with van der Waals surface area (Å²) in [6.07, 6.45) is 3.82. The van der Waals surface area contributed by atoms with Crippen molar-refractivity contribution in [3.05, 3.63) is 28.3 Å². The Hall–Kier alpha value is -1.82. The first-order valence-electron chi connectivity index (χ1n) is 7.03. The largest absolute Gasteiger partial charge is 0.494 e. The summed E-state index contributed by atoms with van der Waals surface area (Å²) in [5, 5.41) is 14.4. The molecule has 20 heavy (non-hydrogen) atoms. The Morgan fingerprint density at radius 1 is 1.40 bits per heavy atom. The fourth-order valence-electron chi connectivity index (χ4n) is 2.52. The van der Waals surface area contributed by atoms with Crippen molar-refractivity contribution in [2.24, 2.45) is 5.73 Å². The first-order valence-corrected chi connectivity index (χ1v) is 7.03. The molecule has 1 fully saturated rings. The Labute approximate surface area is 118 Å². The second-order valence-corrected chi connectivity index (χ2v) is 5.13. The molecule has 0 bridgehead atoms. The van der Waals surface area contributed by atoms with Gasteiger partial charge in [0.25, 0.3) is 5.69 Å². The molecule has 0 unspecified atom stereocenters. The lowest BCUT2D eigenvalue weighted by atomic mass is 9.91. The maximum atomic E-state index is 11.2. The topological polar surface area (TPSA) is 90.4 Å². The fourth-order valence-corrected chi connectivity index (χ4v) is 2.52. The van der Waals surface area contributed by atoms with Crippen molar-refractivity contribution in [2.45, 2.75) is 44.7 Å². The van der Waals surface area contributed by atoms with E-state index in [2.05, 4.69) is 5.32 Å². The highest BCUT2D eigenvalue weighted by Crippen LogP contribution is 2.31. The predicted octanol–water partition coefficient (Wildman–Crippen LogP) is 2.68. The molecular formula is C14H21N3O3. The van der Waals surface area contributed by atoms with E-state index in [4.69, 9.17) is 10.5 Å². The normalized spacial score (nSPS) is 22.3. The second-order valence-electron chi connectivity index (χ2n) is 5.13. The molecule has 0 amide bonds. The number of nitrogens with two attached hydrogens (primary N) is 1. The summed E-state index contributed by atoms with van der Waals surface area (Å²) in [6, 6.07) is 5.47. The third-order valence-electron chi connectivity index (χ3n) is 3.61. The summed E-state index contributed by atoms with van der Waals surface area (Å²) in [6.45, 7) is 2.34. The molecular weight excluding hydrogens is 258 g/mol. The molecule has 1 aromatic carbocycles. The molecule has 0 spiro atoms. The Bertz CT molecular complexity index is 471. The summed E-state index contributed by atoms with van der Waals surface area (Å²) in [7, 11) is 0. The maximum absolute atomic E-state index is 11.2. The van der Waals surface area contributed by atoms with Crippen LogP contribution in [0.15, 0.2) is 18.2 Å². The van der Waals surface area contributed by atoms with Crippen molar-refractivity contribution >= 4 is 11.4 Å². The molecule has 3 N–H and O–H groups in total. The van der Waals surface area contributed by atoms with Crippen LogP contribution in [0.3, 0.4) is 0 Å². The van der Waals surface area contributed by atoms with Crippen LogP contribution in [0.25, 0.3) is 0 Å². The van der Waals surface area contributed by atoms with Crippen molar-refractivity contribution in [3.63, 3.8) is 0 Å². The molecule has 6 heteroatoms. The van der Waals surface area contributed by atoms with Crippen LogP contribution in [0.1, 0.15) is 32.6 Å². The molecule has 110 valence electrons. The lowest BCUT2D eigenvalue weighted by Gasteiger charge is -2.27. The van der Waals surface area contributed by atoms with Gasteiger partial charge in [0.05, 0.1) is 17.6 Å². The number of nitro groups is 1. The Morgan fingerprint density at radius 2 is 2.10 bits per heavy atom. The zero-order valence-electron chi connectivity index (χ0n) is 11.7. The number of anilines is 1. The average Bonchev–Trinajstić information content (AvgIpc) is 2.43. The number of hydrogen-bond donors (Lipinski definition) is 2. The lowest BCUT2D eigenvalue weighted by Crippen LogP contribution is -2.32. The quantitative estimate of drug-likeness (QED) is 0.638. The van der Waals surface area contributed by atoms with Gasteiger partial charge < -0.3 is 15.8 Å². The molecule has 0 aromatic heterocycles. The van der Waals surface area contributed by atoms with Crippen LogP contribution >= 0.6 is 0 Å². The van der Waals surface area contributed by atoms with E-state index in [-0.39, 0.29) is 22.7 Å². The van der Waals surface area contributed by atoms with Gasteiger partial charge in [0.2, 0.25) is 0 Å². The second kappa shape index (κ2) is 6.56. The standard InChI is InChI=1S/C14H21N3O3/c1-2-20-12-7-8-13(14(9-12)17(18)19)16-11-5-3-10(15)4-6-11/h7-11,16H,2-6,15H2,1H3. The number of nitrogens with zero attached hydrogens (tertiary/aromatic N) is 1. The van der Waals surface area contributed by atoms with Crippen molar-refractivity contribution in [3.8, 4) is 5.75 Å². The van der Waals surface area contributed by atoms with E-state index in [1.54, 1.807) is 12.1 Å². The van der Waals surface area contributed by atoms with Gasteiger partial charge >= 0.3 is 0 Å². The average molecular weight is 279 g/mol. The molecule has 1 aliphatic carbocycles. The summed E-state index contributed by atoms with van der Waals surface area (Å²) in [5.74, 6) is 0.524. The molecule has 1 saturated carbocycles. The van der Waals surface area contributed by atoms with E-state index in [1.165, 1.54) is 6.07 Å². The van der Waals surface area contributed by atoms with Crippen LogP contribution in [0.2, 0.25) is 0 Å². The number of hydrogen-bond acceptors (Lipinski definition) is 5. The van der Waals surface area contributed by atoms with Crippen molar-refractivity contribution in [1.82, 2.24) is 0 Å². The predicted molar refractivity (Wildman–Crippen MR) is 78.1 cm³/mol. The van der Waals surface area contributed by atoms with Gasteiger partial charge in [0.15, 0.2) is 0 Å². The first kappa shape index (κ1) is 14.6. The molecule has 0 saturated heterocycles. The van der Waals surface area contributed by atoms with Gasteiger partial charge in [0.1, 0.15) is 11.4 Å². The van der Waals surface area contributed by atoms with Crippen LogP contribution in [0.4, 0.5) is 11.4 Å². The molecule has 0 aliphatic heterocycles. The summed E-state index contributed by atoms with van der Waals surface area (Å²) >= 11 is 0. The van der Waals surface area contributed by atoms with Crippen molar-refractivity contribution in [1.29, 1.82) is 0 Å². The van der Waals surface area contributed by atoms with Crippen LogP contribution in [0.5, 0.6) is 5.75 Å². The third-order valence-corrected chi connectivity index (χ3v) is 3.61. The molecule has 6 nitrogen and oxygen atoms in total. The van der Waals surface area contributed by atoms with E-state index >= 15 is 0 Å². The molecule has 0 radical (unpaired) electrons. The Balaban J connectivity index is 2.12. The van der Waals surface area contributed by atoms with Crippen LogP contribution in [-0.4, -0.2) is 23.6 Å². The van der Waals surface area contributed by atoms with Crippen LogP contribution < -0.4 is 15.8 Å². The maximum Gasteiger partial charge on any atom is 0.296 e. The third kappa shape index (κ3) is 3.60. The van der Waals surface area contributed by atoms with Gasteiger partial charge in [-0.2, -0.15) is 0 Å². The minimum absolute atomic E-state index is 0.0609. The molecule has 1 aliphatic rings. The monoisotopic (exact) mass is 279 g/mol. The highest BCUT2D eigenvalue weighted by atomic mass is 16.6. The van der Waals surface area contributed by atoms with Gasteiger partial charge in [0, 0.05) is 12.1 Å². The summed E-state index contributed by atoms with van der Waals surface area (Å²) in [4.78, 5) is 10.8. The summed E-state index contributed by atoms with van der Waals surface area (Å²) < 4.78 is 5.31. The zero-order chi connectivity index (χ0) is 14.5. The van der Waals surface area contributed by atoms with Crippen molar-refractivity contribution in [2.75, 3.05) is 11.9 Å². The fraction of sp³-hybridized carbons (Fsp3) is 0.571. The number of ether oxygens (including phenoxy) is 1. The van der Waals surface area contributed by atoms with Gasteiger partial charge in [-0.15, -0.1) is 0 Å². The Morgan fingerprint density at radius 3 is 2.70 bits per heavy atom. The highest BCUT2D eigenvalue weighted by molar-refractivity contribution is 5.64. The van der Waals surface area contributed by atoms with Gasteiger partial charge in [-0.05, 0) is 44.7 Å². The molecule has 0 heterocycles. The lowest BCUT2D eigenvalue weighted by molar-refractivity contribution is -0.384. The zero-order valence-corrected chi connectivity index (χ0v) is 11.7. The molecule has 2 rings (SSSR count). The van der Waals surface area contributed by atoms with E-state index in [9.17, 15) is 10.1 Å². The number of benzene rings is 1.